The summed E-state index contributed by atoms with van der Waals surface area (Å²) in [5, 5.41) is 3.42. The number of anilines is 1. The molecule has 1 amide bonds. The minimum absolute atomic E-state index is 0.0141. The van der Waals surface area contributed by atoms with E-state index in [4.69, 9.17) is 16.3 Å². The largest absolute Gasteiger partial charge is 0.375 e. The molecule has 5 heteroatoms. The summed E-state index contributed by atoms with van der Waals surface area (Å²) in [5.74, 6) is -0.202. The van der Waals surface area contributed by atoms with Crippen molar-refractivity contribution in [3.05, 3.63) is 52.5 Å². The van der Waals surface area contributed by atoms with E-state index in [1.54, 1.807) is 17.8 Å². The fourth-order valence-corrected chi connectivity index (χ4v) is 3.16. The van der Waals surface area contributed by atoms with Gasteiger partial charge in [0.1, 0.15) is 6.61 Å². The van der Waals surface area contributed by atoms with Gasteiger partial charge in [0, 0.05) is 21.9 Å². The molecule has 2 aromatic rings. The lowest BCUT2D eigenvalue weighted by atomic mass is 10.2. The zero-order valence-electron chi connectivity index (χ0n) is 12.8. The number of amides is 1. The molecule has 0 saturated heterocycles. The highest BCUT2D eigenvalue weighted by atomic mass is 35.5. The molecule has 0 aromatic heterocycles. The molecule has 0 radical (unpaired) electrons. The first-order chi connectivity index (χ1) is 10.5. The number of nitrogens with one attached hydrogen (secondary N) is 1. The molecule has 116 valence electrons. The van der Waals surface area contributed by atoms with Gasteiger partial charge in [-0.2, -0.15) is 0 Å². The summed E-state index contributed by atoms with van der Waals surface area (Å²) < 4.78 is 4.84. The lowest BCUT2D eigenvalue weighted by Crippen LogP contribution is -2.17. The van der Waals surface area contributed by atoms with E-state index in [1.807, 2.05) is 12.1 Å². The second-order valence-corrected chi connectivity index (χ2v) is 6.51. The van der Waals surface area contributed by atoms with Crippen LogP contribution in [0.1, 0.15) is 11.1 Å². The number of rotatable bonds is 5. The normalized spacial score (nSPS) is 10.5. The third-order valence-corrected chi connectivity index (χ3v) is 4.53. The number of hydrogen-bond acceptors (Lipinski definition) is 3. The van der Waals surface area contributed by atoms with Crippen molar-refractivity contribution in [3.63, 3.8) is 0 Å². The highest BCUT2D eigenvalue weighted by Gasteiger charge is 2.10. The van der Waals surface area contributed by atoms with Gasteiger partial charge in [-0.25, -0.2) is 0 Å². The van der Waals surface area contributed by atoms with E-state index in [2.05, 4.69) is 37.4 Å². The number of benzene rings is 2. The first kappa shape index (κ1) is 16.9. The van der Waals surface area contributed by atoms with E-state index in [0.29, 0.717) is 10.7 Å². The van der Waals surface area contributed by atoms with Crippen LogP contribution in [0, 0.1) is 13.8 Å². The maximum atomic E-state index is 11.8. The molecule has 0 aliphatic heterocycles. The molecule has 1 N–H and O–H groups in total. The van der Waals surface area contributed by atoms with Gasteiger partial charge in [-0.05, 0) is 43.7 Å². The molecule has 2 aromatic carbocycles. The Bertz CT molecular complexity index is 688. The first-order valence-electron chi connectivity index (χ1n) is 6.83. The quantitative estimate of drug-likeness (QED) is 0.861. The van der Waals surface area contributed by atoms with Gasteiger partial charge in [-0.3, -0.25) is 4.79 Å². The van der Waals surface area contributed by atoms with Crippen LogP contribution in [0.5, 0.6) is 0 Å². The maximum absolute atomic E-state index is 11.8. The summed E-state index contributed by atoms with van der Waals surface area (Å²) in [6.45, 7) is 4.16. The van der Waals surface area contributed by atoms with Crippen LogP contribution in [0.15, 0.2) is 46.2 Å². The Labute approximate surface area is 140 Å². The van der Waals surface area contributed by atoms with Gasteiger partial charge in [0.25, 0.3) is 0 Å². The fraction of sp³-hybridized carbons (Fsp3) is 0.235. The second kappa shape index (κ2) is 7.68. The van der Waals surface area contributed by atoms with Crippen LogP contribution in [0.4, 0.5) is 5.69 Å². The lowest BCUT2D eigenvalue weighted by Gasteiger charge is -2.12. The number of hydrogen-bond donors (Lipinski definition) is 1. The molecule has 0 bridgehead atoms. The second-order valence-electron chi connectivity index (χ2n) is 4.99. The minimum atomic E-state index is -0.202. The molecule has 2 rings (SSSR count). The average Bonchev–Trinajstić information content (AvgIpc) is 2.44. The molecule has 0 atom stereocenters. The van der Waals surface area contributed by atoms with Crippen molar-refractivity contribution >= 4 is 35.0 Å². The Hall–Kier alpha value is -1.49. The predicted molar refractivity (Wildman–Crippen MR) is 92.0 cm³/mol. The third-order valence-electron chi connectivity index (χ3n) is 3.04. The Kier molecular flexibility index (Phi) is 5.89. The highest BCUT2D eigenvalue weighted by Crippen LogP contribution is 2.36. The SMILES string of the molecule is COCC(=O)Nc1cc(Cl)ccc1Sc1ccc(C)cc1C. The molecule has 0 saturated carbocycles. The van der Waals surface area contributed by atoms with E-state index in [1.165, 1.54) is 18.2 Å². The summed E-state index contributed by atoms with van der Waals surface area (Å²) in [7, 11) is 1.49. The first-order valence-corrected chi connectivity index (χ1v) is 8.02. The van der Waals surface area contributed by atoms with Gasteiger partial charge in [-0.15, -0.1) is 0 Å². The van der Waals surface area contributed by atoms with Crippen molar-refractivity contribution in [2.45, 2.75) is 23.6 Å². The molecule has 0 spiro atoms. The topological polar surface area (TPSA) is 38.3 Å². The van der Waals surface area contributed by atoms with Crippen LogP contribution in [0.2, 0.25) is 5.02 Å². The standard InChI is InChI=1S/C17H18ClNO2S/c1-11-4-6-15(12(2)8-11)22-16-7-5-13(18)9-14(16)19-17(20)10-21-3/h4-9H,10H2,1-3H3,(H,19,20). The van der Waals surface area contributed by atoms with Crippen LogP contribution in [-0.4, -0.2) is 19.6 Å². The van der Waals surface area contributed by atoms with Crippen LogP contribution in [-0.2, 0) is 9.53 Å². The summed E-state index contributed by atoms with van der Waals surface area (Å²) in [6.07, 6.45) is 0. The predicted octanol–water partition coefficient (Wildman–Crippen LogP) is 4.69. The molecule has 0 aliphatic rings. The van der Waals surface area contributed by atoms with E-state index in [-0.39, 0.29) is 12.5 Å². The summed E-state index contributed by atoms with van der Waals surface area (Å²) in [5.41, 5.74) is 3.13. The zero-order valence-corrected chi connectivity index (χ0v) is 14.3. The van der Waals surface area contributed by atoms with Crippen LogP contribution >= 0.6 is 23.4 Å². The maximum Gasteiger partial charge on any atom is 0.250 e. The van der Waals surface area contributed by atoms with Crippen molar-refractivity contribution in [2.24, 2.45) is 0 Å². The van der Waals surface area contributed by atoms with E-state index in [9.17, 15) is 4.79 Å². The smallest absolute Gasteiger partial charge is 0.250 e. The van der Waals surface area contributed by atoms with Crippen LogP contribution in [0.25, 0.3) is 0 Å². The Morgan fingerprint density at radius 2 is 1.91 bits per heavy atom. The van der Waals surface area contributed by atoms with Crippen molar-refractivity contribution < 1.29 is 9.53 Å². The van der Waals surface area contributed by atoms with Gasteiger partial charge in [-0.1, -0.05) is 41.1 Å². The fourth-order valence-electron chi connectivity index (χ4n) is 2.04. The van der Waals surface area contributed by atoms with E-state index >= 15 is 0 Å². The van der Waals surface area contributed by atoms with Crippen LogP contribution < -0.4 is 5.32 Å². The number of carbonyl (C=O) groups excluding carboxylic acids is 1. The molecule has 3 nitrogen and oxygen atoms in total. The van der Waals surface area contributed by atoms with E-state index in [0.717, 1.165) is 9.79 Å². The van der Waals surface area contributed by atoms with Crippen LogP contribution in [0.3, 0.4) is 0 Å². The number of methoxy groups -OCH3 is 1. The van der Waals surface area contributed by atoms with Gasteiger partial charge in [0.2, 0.25) is 5.91 Å². The summed E-state index contributed by atoms with van der Waals surface area (Å²) in [4.78, 5) is 13.8. The molecular formula is C17H18ClNO2S. The monoisotopic (exact) mass is 335 g/mol. The number of ether oxygens (including phenoxy) is 1. The van der Waals surface area contributed by atoms with E-state index < -0.39 is 0 Å². The van der Waals surface area contributed by atoms with Crippen molar-refractivity contribution in [3.8, 4) is 0 Å². The van der Waals surface area contributed by atoms with Gasteiger partial charge >= 0.3 is 0 Å². The lowest BCUT2D eigenvalue weighted by molar-refractivity contribution is -0.119. The number of carbonyl (C=O) groups is 1. The van der Waals surface area contributed by atoms with Gasteiger partial charge in [0.15, 0.2) is 0 Å². The molecule has 0 fully saturated rings. The number of aryl methyl sites for hydroxylation is 2. The van der Waals surface area contributed by atoms with Gasteiger partial charge < -0.3 is 10.1 Å². The Morgan fingerprint density at radius 1 is 1.18 bits per heavy atom. The number of halogens is 1. The Balaban J connectivity index is 2.28. The molecule has 22 heavy (non-hydrogen) atoms. The third kappa shape index (κ3) is 4.50. The van der Waals surface area contributed by atoms with Crippen molar-refractivity contribution in [1.29, 1.82) is 0 Å². The molecule has 0 unspecified atom stereocenters. The molecule has 0 heterocycles. The van der Waals surface area contributed by atoms with Gasteiger partial charge in [0.05, 0.1) is 5.69 Å². The van der Waals surface area contributed by atoms with Crippen molar-refractivity contribution in [1.82, 2.24) is 0 Å². The zero-order chi connectivity index (χ0) is 16.1. The molecular weight excluding hydrogens is 318 g/mol. The minimum Gasteiger partial charge on any atom is -0.375 e. The van der Waals surface area contributed by atoms with Crippen molar-refractivity contribution in [2.75, 3.05) is 19.0 Å². The average molecular weight is 336 g/mol. The Morgan fingerprint density at radius 3 is 2.59 bits per heavy atom. The molecule has 0 aliphatic carbocycles. The summed E-state index contributed by atoms with van der Waals surface area (Å²) >= 11 is 7.64. The highest BCUT2D eigenvalue weighted by molar-refractivity contribution is 7.99. The summed E-state index contributed by atoms with van der Waals surface area (Å²) in [6, 6.07) is 11.8.